The molecule has 0 amide bonds. The lowest BCUT2D eigenvalue weighted by Gasteiger charge is -2.24. The summed E-state index contributed by atoms with van der Waals surface area (Å²) in [4.78, 5) is 7.44. The number of aromatic nitrogens is 1. The van der Waals surface area contributed by atoms with Crippen molar-refractivity contribution in [1.82, 2.24) is 10.3 Å². The molecule has 3 heterocycles. The Morgan fingerprint density at radius 3 is 2.87 bits per heavy atom. The number of nitrogens with one attached hydrogen (secondary N) is 2. The monoisotopic (exact) mass is 422 g/mol. The minimum atomic E-state index is -3.29. The Balaban J connectivity index is 1.58. The van der Waals surface area contributed by atoms with Crippen molar-refractivity contribution < 1.29 is 8.42 Å². The normalized spacial score (nSPS) is 20.7. The number of pyridine rings is 1. The van der Waals surface area contributed by atoms with E-state index < -0.39 is 9.84 Å². The van der Waals surface area contributed by atoms with Gasteiger partial charge in [-0.15, -0.1) is 0 Å². The van der Waals surface area contributed by atoms with Crippen LogP contribution in [0.2, 0.25) is 0 Å². The van der Waals surface area contributed by atoms with E-state index in [-0.39, 0.29) is 5.75 Å². The fourth-order valence-corrected chi connectivity index (χ4v) is 5.86. The first-order valence-corrected chi connectivity index (χ1v) is 12.1. The highest BCUT2D eigenvalue weighted by Gasteiger charge is 2.26. The van der Waals surface area contributed by atoms with E-state index in [0.717, 1.165) is 47.5 Å². The summed E-state index contributed by atoms with van der Waals surface area (Å²) in [6.45, 7) is 5.01. The molecule has 0 bridgehead atoms. The SMILES string of the molecule is Cc1ccc2nc(N3CCS(=O)(=O)c4ccccc4C3)cc(NC3CCNC3)c2c1. The molecule has 5 rings (SSSR count). The lowest BCUT2D eigenvalue weighted by molar-refractivity contribution is 0.596. The van der Waals surface area contributed by atoms with Crippen LogP contribution in [0.4, 0.5) is 11.5 Å². The summed E-state index contributed by atoms with van der Waals surface area (Å²) in [5.41, 5.74) is 4.01. The van der Waals surface area contributed by atoms with Crippen molar-refractivity contribution in [3.05, 3.63) is 59.7 Å². The third-order valence-corrected chi connectivity index (χ3v) is 7.78. The topological polar surface area (TPSA) is 74.3 Å². The maximum atomic E-state index is 12.8. The van der Waals surface area contributed by atoms with Crippen molar-refractivity contribution in [2.75, 3.05) is 35.6 Å². The van der Waals surface area contributed by atoms with Crippen LogP contribution in [0.15, 0.2) is 53.4 Å². The Bertz CT molecular complexity index is 1200. The van der Waals surface area contributed by atoms with E-state index in [9.17, 15) is 8.42 Å². The number of hydrogen-bond donors (Lipinski definition) is 2. The van der Waals surface area contributed by atoms with Gasteiger partial charge in [0.2, 0.25) is 0 Å². The van der Waals surface area contributed by atoms with Crippen LogP contribution in [-0.2, 0) is 16.4 Å². The predicted molar refractivity (Wildman–Crippen MR) is 121 cm³/mol. The van der Waals surface area contributed by atoms with Gasteiger partial charge in [-0.25, -0.2) is 13.4 Å². The maximum Gasteiger partial charge on any atom is 0.180 e. The molecule has 0 spiro atoms. The van der Waals surface area contributed by atoms with E-state index in [1.165, 1.54) is 5.56 Å². The highest BCUT2D eigenvalue weighted by molar-refractivity contribution is 7.91. The number of sulfone groups is 1. The van der Waals surface area contributed by atoms with Gasteiger partial charge < -0.3 is 15.5 Å². The van der Waals surface area contributed by atoms with Crippen LogP contribution in [0.3, 0.4) is 0 Å². The van der Waals surface area contributed by atoms with Gasteiger partial charge in [0.25, 0.3) is 0 Å². The van der Waals surface area contributed by atoms with E-state index in [2.05, 4.69) is 46.7 Å². The Morgan fingerprint density at radius 1 is 1.17 bits per heavy atom. The highest BCUT2D eigenvalue weighted by atomic mass is 32.2. The summed E-state index contributed by atoms with van der Waals surface area (Å²) in [7, 11) is -3.29. The quantitative estimate of drug-likeness (QED) is 0.676. The summed E-state index contributed by atoms with van der Waals surface area (Å²) >= 11 is 0. The van der Waals surface area contributed by atoms with Gasteiger partial charge in [0, 0.05) is 42.8 Å². The molecule has 156 valence electrons. The molecular weight excluding hydrogens is 396 g/mol. The molecule has 2 aromatic carbocycles. The number of benzene rings is 2. The molecule has 1 unspecified atom stereocenters. The van der Waals surface area contributed by atoms with Gasteiger partial charge in [-0.05, 0) is 43.7 Å². The second kappa shape index (κ2) is 7.56. The number of anilines is 2. The van der Waals surface area contributed by atoms with Crippen LogP contribution < -0.4 is 15.5 Å². The van der Waals surface area contributed by atoms with Crippen LogP contribution >= 0.6 is 0 Å². The minimum Gasteiger partial charge on any atom is -0.380 e. The van der Waals surface area contributed by atoms with Crippen molar-refractivity contribution in [1.29, 1.82) is 0 Å². The van der Waals surface area contributed by atoms with Crippen LogP contribution in [0.25, 0.3) is 10.9 Å². The van der Waals surface area contributed by atoms with Gasteiger partial charge in [0.15, 0.2) is 9.84 Å². The smallest absolute Gasteiger partial charge is 0.180 e. The number of rotatable bonds is 3. The molecule has 0 aliphatic carbocycles. The molecule has 0 saturated carbocycles. The second-order valence-corrected chi connectivity index (χ2v) is 10.3. The van der Waals surface area contributed by atoms with Crippen LogP contribution in [0, 0.1) is 6.92 Å². The number of hydrogen-bond acceptors (Lipinski definition) is 6. The van der Waals surface area contributed by atoms with E-state index in [1.54, 1.807) is 12.1 Å². The first-order valence-electron chi connectivity index (χ1n) is 10.4. The van der Waals surface area contributed by atoms with Gasteiger partial charge >= 0.3 is 0 Å². The molecule has 3 aromatic rings. The fourth-order valence-electron chi connectivity index (χ4n) is 4.36. The standard InChI is InChI=1S/C23H26N4O2S/c1-16-6-7-20-19(12-16)21(25-18-8-9-24-14-18)13-23(26-20)27-10-11-30(28,29)22-5-3-2-4-17(22)15-27/h2-7,12-13,18,24H,8-11,14-15H2,1H3,(H,25,26). The molecule has 1 saturated heterocycles. The van der Waals surface area contributed by atoms with Crippen molar-refractivity contribution in [2.24, 2.45) is 0 Å². The number of nitrogens with zero attached hydrogens (tertiary/aromatic N) is 2. The van der Waals surface area contributed by atoms with E-state index in [4.69, 9.17) is 4.98 Å². The third kappa shape index (κ3) is 3.63. The molecule has 1 aromatic heterocycles. The average molecular weight is 423 g/mol. The molecule has 2 aliphatic heterocycles. The second-order valence-electron chi connectivity index (χ2n) is 8.23. The molecule has 1 atom stereocenters. The van der Waals surface area contributed by atoms with Crippen molar-refractivity contribution in [3.63, 3.8) is 0 Å². The fraction of sp³-hybridized carbons (Fsp3) is 0.348. The van der Waals surface area contributed by atoms with E-state index in [0.29, 0.717) is 24.0 Å². The summed E-state index contributed by atoms with van der Waals surface area (Å²) in [5, 5.41) is 8.20. The van der Waals surface area contributed by atoms with Gasteiger partial charge in [0.1, 0.15) is 5.82 Å². The highest BCUT2D eigenvalue weighted by Crippen LogP contribution is 2.32. The zero-order valence-corrected chi connectivity index (χ0v) is 17.9. The van der Waals surface area contributed by atoms with Crippen molar-refractivity contribution >= 4 is 32.2 Å². The molecule has 0 radical (unpaired) electrons. The van der Waals surface area contributed by atoms with Gasteiger partial charge in [-0.1, -0.05) is 29.8 Å². The number of fused-ring (bicyclic) bond motifs is 2. The zero-order chi connectivity index (χ0) is 20.7. The Labute approximate surface area is 177 Å². The third-order valence-electron chi connectivity index (χ3n) is 5.99. The van der Waals surface area contributed by atoms with Crippen molar-refractivity contribution in [3.8, 4) is 0 Å². The van der Waals surface area contributed by atoms with Crippen LogP contribution in [-0.4, -0.2) is 44.8 Å². The summed E-state index contributed by atoms with van der Waals surface area (Å²) in [6, 6.07) is 16.1. The van der Waals surface area contributed by atoms with Gasteiger partial charge in [-0.2, -0.15) is 0 Å². The van der Waals surface area contributed by atoms with E-state index in [1.807, 2.05) is 12.1 Å². The Hall–Kier alpha value is -2.64. The average Bonchev–Trinajstić information content (AvgIpc) is 3.20. The lowest BCUT2D eigenvalue weighted by Crippen LogP contribution is -2.27. The molecule has 7 heteroatoms. The summed E-state index contributed by atoms with van der Waals surface area (Å²) in [6.07, 6.45) is 1.08. The lowest BCUT2D eigenvalue weighted by atomic mass is 10.1. The molecular formula is C23H26N4O2S. The largest absolute Gasteiger partial charge is 0.380 e. The Kier molecular flexibility index (Phi) is 4.87. The number of aryl methyl sites for hydroxylation is 1. The molecule has 6 nitrogen and oxygen atoms in total. The first-order chi connectivity index (χ1) is 14.5. The van der Waals surface area contributed by atoms with Crippen LogP contribution in [0.5, 0.6) is 0 Å². The predicted octanol–water partition coefficient (Wildman–Crippen LogP) is 3.11. The summed E-state index contributed by atoms with van der Waals surface area (Å²) < 4.78 is 25.5. The summed E-state index contributed by atoms with van der Waals surface area (Å²) in [5.74, 6) is 0.902. The van der Waals surface area contributed by atoms with Gasteiger partial charge in [-0.3, -0.25) is 0 Å². The van der Waals surface area contributed by atoms with E-state index >= 15 is 0 Å². The molecule has 2 N–H and O–H groups in total. The zero-order valence-electron chi connectivity index (χ0n) is 17.1. The Morgan fingerprint density at radius 2 is 2.03 bits per heavy atom. The first kappa shape index (κ1) is 19.3. The van der Waals surface area contributed by atoms with Gasteiger partial charge in [0.05, 0.1) is 16.2 Å². The maximum absolute atomic E-state index is 12.8. The molecule has 1 fully saturated rings. The van der Waals surface area contributed by atoms with Crippen molar-refractivity contribution in [2.45, 2.75) is 30.8 Å². The minimum absolute atomic E-state index is 0.0902. The van der Waals surface area contributed by atoms with Crippen LogP contribution in [0.1, 0.15) is 17.5 Å². The molecule has 2 aliphatic rings. The molecule has 30 heavy (non-hydrogen) atoms.